The number of nitrogens with two attached hydrogens (primary N) is 1. The average molecular weight is 350 g/mol. The standard InChI is InChI=1S/C21H26N4O/c1-12(2)9-18(22)21(26)25-15-10-13(3)19(14(4)11-15)16-5-7-23-20-17(16)6-8-24-20/h5-8,10-12,18H,9,22H2,1-4H3,(H,23,24)(H,25,26)/t18-/m1/s1. The van der Waals surface area contributed by atoms with Crippen LogP contribution in [0.2, 0.25) is 0 Å². The Balaban J connectivity index is 1.92. The van der Waals surface area contributed by atoms with Crippen molar-refractivity contribution in [3.05, 3.63) is 47.8 Å². The molecule has 1 aromatic carbocycles. The minimum Gasteiger partial charge on any atom is -0.346 e. The van der Waals surface area contributed by atoms with E-state index in [2.05, 4.69) is 43.0 Å². The van der Waals surface area contributed by atoms with Crippen LogP contribution in [0.25, 0.3) is 22.2 Å². The highest BCUT2D eigenvalue weighted by Gasteiger charge is 2.17. The van der Waals surface area contributed by atoms with Gasteiger partial charge in [-0.1, -0.05) is 13.8 Å². The van der Waals surface area contributed by atoms with Gasteiger partial charge in [-0.05, 0) is 72.7 Å². The molecule has 5 heteroatoms. The van der Waals surface area contributed by atoms with Gasteiger partial charge in [0.2, 0.25) is 5.91 Å². The average Bonchev–Trinajstić information content (AvgIpc) is 3.03. The van der Waals surface area contributed by atoms with E-state index in [1.807, 2.05) is 36.7 Å². The van der Waals surface area contributed by atoms with Crippen molar-refractivity contribution in [2.75, 3.05) is 5.32 Å². The molecule has 0 fully saturated rings. The summed E-state index contributed by atoms with van der Waals surface area (Å²) in [5, 5.41) is 4.05. The molecule has 0 radical (unpaired) electrons. The molecule has 1 atom stereocenters. The molecule has 3 aromatic rings. The largest absolute Gasteiger partial charge is 0.346 e. The number of carbonyl (C=O) groups is 1. The zero-order valence-electron chi connectivity index (χ0n) is 15.8. The van der Waals surface area contributed by atoms with E-state index in [1.165, 1.54) is 5.56 Å². The highest BCUT2D eigenvalue weighted by molar-refractivity contribution is 5.97. The van der Waals surface area contributed by atoms with Gasteiger partial charge in [0.25, 0.3) is 0 Å². The van der Waals surface area contributed by atoms with Gasteiger partial charge in [0.05, 0.1) is 6.04 Å². The van der Waals surface area contributed by atoms with E-state index in [-0.39, 0.29) is 5.91 Å². The number of anilines is 1. The maximum absolute atomic E-state index is 12.3. The van der Waals surface area contributed by atoms with Crippen LogP contribution in [-0.4, -0.2) is 21.9 Å². The van der Waals surface area contributed by atoms with Crippen molar-refractivity contribution in [3.63, 3.8) is 0 Å². The third-order valence-electron chi connectivity index (χ3n) is 4.59. The fraction of sp³-hybridized carbons (Fsp3) is 0.333. The minimum absolute atomic E-state index is 0.137. The van der Waals surface area contributed by atoms with Gasteiger partial charge in [-0.3, -0.25) is 4.79 Å². The van der Waals surface area contributed by atoms with E-state index in [4.69, 9.17) is 5.73 Å². The fourth-order valence-electron chi connectivity index (χ4n) is 3.49. The van der Waals surface area contributed by atoms with E-state index in [0.717, 1.165) is 33.4 Å². The fourth-order valence-corrected chi connectivity index (χ4v) is 3.49. The predicted octanol–water partition coefficient (Wildman–Crippen LogP) is 4.16. The molecule has 0 bridgehead atoms. The molecule has 0 aliphatic carbocycles. The van der Waals surface area contributed by atoms with Gasteiger partial charge >= 0.3 is 0 Å². The number of pyridine rings is 1. The molecule has 1 amide bonds. The van der Waals surface area contributed by atoms with Gasteiger partial charge in [-0.25, -0.2) is 4.98 Å². The number of amides is 1. The Kier molecular flexibility index (Phi) is 5.09. The number of hydrogen-bond donors (Lipinski definition) is 3. The van der Waals surface area contributed by atoms with Crippen LogP contribution < -0.4 is 11.1 Å². The van der Waals surface area contributed by atoms with Crippen molar-refractivity contribution in [1.29, 1.82) is 0 Å². The predicted molar refractivity (Wildman–Crippen MR) is 107 cm³/mol. The molecule has 5 nitrogen and oxygen atoms in total. The Bertz CT molecular complexity index is 919. The highest BCUT2D eigenvalue weighted by atomic mass is 16.2. The SMILES string of the molecule is Cc1cc(NC(=O)[C@H](N)CC(C)C)cc(C)c1-c1ccnc2[nH]ccc12. The Hall–Kier alpha value is -2.66. The number of carbonyl (C=O) groups excluding carboxylic acids is 1. The minimum atomic E-state index is -0.491. The number of nitrogens with zero attached hydrogens (tertiary/aromatic N) is 1. The van der Waals surface area contributed by atoms with Gasteiger partial charge in [0.1, 0.15) is 5.65 Å². The molecular weight excluding hydrogens is 324 g/mol. The topological polar surface area (TPSA) is 83.8 Å². The first-order chi connectivity index (χ1) is 12.4. The second kappa shape index (κ2) is 7.30. The molecule has 0 aliphatic heterocycles. The molecule has 0 spiro atoms. The van der Waals surface area contributed by atoms with Crippen molar-refractivity contribution >= 4 is 22.6 Å². The second-order valence-corrected chi connectivity index (χ2v) is 7.31. The molecule has 0 aliphatic rings. The maximum atomic E-state index is 12.3. The number of nitrogens with one attached hydrogen (secondary N) is 2. The van der Waals surface area contributed by atoms with Crippen LogP contribution in [0.15, 0.2) is 36.7 Å². The van der Waals surface area contributed by atoms with E-state index in [1.54, 1.807) is 0 Å². The summed E-state index contributed by atoms with van der Waals surface area (Å²) in [5.74, 6) is 0.249. The first-order valence-electron chi connectivity index (χ1n) is 8.97. The van der Waals surface area contributed by atoms with Crippen molar-refractivity contribution in [2.24, 2.45) is 11.7 Å². The lowest BCUT2D eigenvalue weighted by Crippen LogP contribution is -2.36. The number of H-pyrrole nitrogens is 1. The van der Waals surface area contributed by atoms with Crippen LogP contribution in [0.4, 0.5) is 5.69 Å². The number of benzene rings is 1. The Morgan fingerprint density at radius 1 is 1.23 bits per heavy atom. The van der Waals surface area contributed by atoms with Crippen LogP contribution in [0.1, 0.15) is 31.4 Å². The van der Waals surface area contributed by atoms with Crippen molar-refractivity contribution in [3.8, 4) is 11.1 Å². The quantitative estimate of drug-likeness (QED) is 0.646. The molecule has 0 unspecified atom stereocenters. The number of aromatic amines is 1. The molecule has 2 aromatic heterocycles. The van der Waals surface area contributed by atoms with Crippen molar-refractivity contribution in [2.45, 2.75) is 40.2 Å². The Morgan fingerprint density at radius 2 is 1.92 bits per heavy atom. The third-order valence-corrected chi connectivity index (χ3v) is 4.59. The van der Waals surface area contributed by atoms with Crippen LogP contribution in [0.3, 0.4) is 0 Å². The third kappa shape index (κ3) is 3.63. The lowest BCUT2D eigenvalue weighted by atomic mass is 9.94. The summed E-state index contributed by atoms with van der Waals surface area (Å²) in [6.45, 7) is 8.25. The first kappa shape index (κ1) is 18.1. The molecular formula is C21H26N4O. The van der Waals surface area contributed by atoms with E-state index in [0.29, 0.717) is 12.3 Å². The molecule has 3 rings (SSSR count). The zero-order valence-corrected chi connectivity index (χ0v) is 15.8. The van der Waals surface area contributed by atoms with Crippen LogP contribution in [0, 0.1) is 19.8 Å². The normalized spacial score (nSPS) is 12.5. The molecule has 2 heterocycles. The van der Waals surface area contributed by atoms with Crippen LogP contribution in [0.5, 0.6) is 0 Å². The number of hydrogen-bond acceptors (Lipinski definition) is 3. The molecule has 4 N–H and O–H groups in total. The molecule has 26 heavy (non-hydrogen) atoms. The van der Waals surface area contributed by atoms with Crippen LogP contribution >= 0.6 is 0 Å². The van der Waals surface area contributed by atoms with E-state index >= 15 is 0 Å². The summed E-state index contributed by atoms with van der Waals surface area (Å²) < 4.78 is 0. The summed E-state index contributed by atoms with van der Waals surface area (Å²) >= 11 is 0. The Morgan fingerprint density at radius 3 is 2.58 bits per heavy atom. The monoisotopic (exact) mass is 350 g/mol. The summed E-state index contributed by atoms with van der Waals surface area (Å²) in [6, 6.07) is 7.58. The molecule has 136 valence electrons. The van der Waals surface area contributed by atoms with Gasteiger partial charge in [-0.2, -0.15) is 0 Å². The number of aromatic nitrogens is 2. The van der Waals surface area contributed by atoms with Gasteiger partial charge < -0.3 is 16.0 Å². The van der Waals surface area contributed by atoms with Crippen LogP contribution in [-0.2, 0) is 4.79 Å². The summed E-state index contributed by atoms with van der Waals surface area (Å²) in [7, 11) is 0. The van der Waals surface area contributed by atoms with E-state index < -0.39 is 6.04 Å². The van der Waals surface area contributed by atoms with Gasteiger partial charge in [0.15, 0.2) is 0 Å². The number of rotatable bonds is 5. The van der Waals surface area contributed by atoms with Gasteiger partial charge in [0, 0.05) is 23.5 Å². The number of fused-ring (bicyclic) bond motifs is 1. The summed E-state index contributed by atoms with van der Waals surface area (Å²) in [6.07, 6.45) is 4.38. The Labute approximate surface area is 154 Å². The molecule has 0 saturated heterocycles. The lowest BCUT2D eigenvalue weighted by molar-refractivity contribution is -0.117. The summed E-state index contributed by atoms with van der Waals surface area (Å²) in [4.78, 5) is 19.8. The smallest absolute Gasteiger partial charge is 0.241 e. The van der Waals surface area contributed by atoms with E-state index in [9.17, 15) is 4.79 Å². The highest BCUT2D eigenvalue weighted by Crippen LogP contribution is 2.34. The van der Waals surface area contributed by atoms with Crippen molar-refractivity contribution in [1.82, 2.24) is 9.97 Å². The number of aryl methyl sites for hydroxylation is 2. The zero-order chi connectivity index (χ0) is 18.8. The summed E-state index contributed by atoms with van der Waals surface area (Å²) in [5.41, 5.74) is 12.2. The first-order valence-corrected chi connectivity index (χ1v) is 8.97. The van der Waals surface area contributed by atoms with Gasteiger partial charge in [-0.15, -0.1) is 0 Å². The molecule has 0 saturated carbocycles. The lowest BCUT2D eigenvalue weighted by Gasteiger charge is -2.17. The van der Waals surface area contributed by atoms with Crippen molar-refractivity contribution < 1.29 is 4.79 Å². The second-order valence-electron chi connectivity index (χ2n) is 7.31. The maximum Gasteiger partial charge on any atom is 0.241 e.